The normalized spacial score (nSPS) is 19.0. The average Bonchev–Trinajstić information content (AvgIpc) is 3.17. The number of amides is 1. The Morgan fingerprint density at radius 1 is 1.15 bits per heavy atom. The first-order valence-electron chi connectivity index (χ1n) is 10.9. The van der Waals surface area contributed by atoms with Crippen LogP contribution < -0.4 is 3.30 Å². The van der Waals surface area contributed by atoms with Gasteiger partial charge >= 0.3 is 179 Å². The SMILES string of the molecule is CCCCCCCCC(C)([SiH](C)C)C(C)(C)C(C)(C(=O)[NH][Hf+2])C1=CC=CC1.[H-].[H-]. The molecule has 0 heterocycles. The van der Waals surface area contributed by atoms with Gasteiger partial charge < -0.3 is 2.85 Å². The van der Waals surface area contributed by atoms with Gasteiger partial charge in [0, 0.05) is 0 Å². The molecule has 0 aliphatic heterocycles. The molecular formula is C23H44HfNOSi. The van der Waals surface area contributed by atoms with Crippen molar-refractivity contribution in [3.05, 3.63) is 23.8 Å². The maximum atomic E-state index is 13.3. The predicted octanol–water partition coefficient (Wildman–Crippen LogP) is 6.71. The predicted molar refractivity (Wildman–Crippen MR) is 119 cm³/mol. The van der Waals surface area contributed by atoms with Crippen LogP contribution in [0.25, 0.3) is 0 Å². The van der Waals surface area contributed by atoms with Crippen molar-refractivity contribution >= 4 is 14.7 Å². The van der Waals surface area contributed by atoms with E-state index in [1.807, 2.05) is 0 Å². The largest absolute Gasteiger partial charge is 1.00 e. The molecule has 2 atom stereocenters. The molecule has 155 valence electrons. The smallest absolute Gasteiger partial charge is 1.00 e. The summed E-state index contributed by atoms with van der Waals surface area (Å²) < 4.78 is 3.14. The fourth-order valence-electron chi connectivity index (χ4n) is 4.94. The summed E-state index contributed by atoms with van der Waals surface area (Å²) in [5, 5.41) is 0.240. The van der Waals surface area contributed by atoms with Gasteiger partial charge in [0.25, 0.3) is 0 Å². The van der Waals surface area contributed by atoms with E-state index in [1.54, 1.807) is 0 Å². The van der Waals surface area contributed by atoms with E-state index in [4.69, 9.17) is 0 Å². The van der Waals surface area contributed by atoms with Gasteiger partial charge in [0.05, 0.1) is 0 Å². The van der Waals surface area contributed by atoms with E-state index in [0.29, 0.717) is 24.7 Å². The summed E-state index contributed by atoms with van der Waals surface area (Å²) >= 11 is 0.710. The second-order valence-corrected chi connectivity index (χ2v) is 14.1. The van der Waals surface area contributed by atoms with Gasteiger partial charge in [0.2, 0.25) is 0 Å². The topological polar surface area (TPSA) is 29.1 Å². The van der Waals surface area contributed by atoms with Gasteiger partial charge in [-0.3, -0.25) is 0 Å². The van der Waals surface area contributed by atoms with Gasteiger partial charge in [-0.05, 0) is 0 Å². The Labute approximate surface area is 188 Å². The van der Waals surface area contributed by atoms with Crippen LogP contribution in [-0.4, -0.2) is 14.7 Å². The number of unbranched alkanes of at least 4 members (excludes halogenated alkanes) is 5. The molecule has 0 spiro atoms. The molecule has 0 aromatic heterocycles. The van der Waals surface area contributed by atoms with Crippen molar-refractivity contribution < 1.29 is 32.3 Å². The van der Waals surface area contributed by atoms with Crippen LogP contribution in [0.5, 0.6) is 0 Å². The molecule has 0 bridgehead atoms. The van der Waals surface area contributed by atoms with Gasteiger partial charge in [0.1, 0.15) is 0 Å². The first-order valence-corrected chi connectivity index (χ1v) is 15.6. The van der Waals surface area contributed by atoms with E-state index in [1.165, 1.54) is 50.5 Å². The number of carbonyl (C=O) groups excluding carboxylic acids is 1. The monoisotopic (exact) mass is 558 g/mol. The Balaban J connectivity index is 0. The van der Waals surface area contributed by atoms with E-state index in [0.717, 1.165) is 6.42 Å². The Kier molecular flexibility index (Phi) is 9.95. The zero-order chi connectivity index (χ0) is 20.7. The van der Waals surface area contributed by atoms with Crippen LogP contribution in [-0.2, 0) is 29.5 Å². The van der Waals surface area contributed by atoms with E-state index in [-0.39, 0.29) is 19.2 Å². The van der Waals surface area contributed by atoms with Gasteiger partial charge in [-0.25, -0.2) is 0 Å². The number of hydrogen-bond donors (Lipinski definition) is 1. The molecule has 0 aromatic carbocycles. The molecule has 0 aromatic rings. The van der Waals surface area contributed by atoms with Crippen molar-refractivity contribution in [1.82, 2.24) is 3.30 Å². The summed E-state index contributed by atoms with van der Waals surface area (Å²) in [5.41, 5.74) is 0.785. The van der Waals surface area contributed by atoms with Crippen molar-refractivity contribution in [2.45, 2.75) is 104 Å². The Morgan fingerprint density at radius 2 is 1.74 bits per heavy atom. The van der Waals surface area contributed by atoms with E-state index < -0.39 is 14.2 Å². The Morgan fingerprint density at radius 3 is 2.22 bits per heavy atom. The molecule has 1 aliphatic carbocycles. The number of carbonyl (C=O) groups is 1. The zero-order valence-electron chi connectivity index (χ0n) is 20.9. The first kappa shape index (κ1) is 25.1. The number of nitrogens with one attached hydrogen (secondary N) is 1. The Bertz CT molecular complexity index is 565. The summed E-state index contributed by atoms with van der Waals surface area (Å²) in [5.74, 6) is 0.234. The van der Waals surface area contributed by atoms with Gasteiger partial charge in [0.15, 0.2) is 0 Å². The fourth-order valence-corrected chi connectivity index (χ4v) is 8.35. The fraction of sp³-hybridized carbons (Fsp3) is 0.783. The summed E-state index contributed by atoms with van der Waals surface area (Å²) in [6.45, 7) is 16.7. The minimum Gasteiger partial charge on any atom is -1.00 e. The van der Waals surface area contributed by atoms with Gasteiger partial charge in [-0.15, -0.1) is 0 Å². The minimum absolute atomic E-state index is 0. The average molecular weight is 557 g/mol. The van der Waals surface area contributed by atoms with Gasteiger partial charge in [-0.1, -0.05) is 6.92 Å². The molecule has 4 heteroatoms. The Hall–Kier alpha value is 0.0370. The van der Waals surface area contributed by atoms with Crippen LogP contribution >= 0.6 is 0 Å². The molecule has 1 rings (SSSR count). The molecule has 1 amide bonds. The van der Waals surface area contributed by atoms with Crippen molar-refractivity contribution in [3.8, 4) is 0 Å². The van der Waals surface area contributed by atoms with E-state index in [2.05, 4.69) is 69.2 Å². The zero-order valence-corrected chi connectivity index (χ0v) is 23.6. The van der Waals surface area contributed by atoms with Crippen LogP contribution in [0, 0.1) is 10.8 Å². The van der Waals surface area contributed by atoms with Crippen molar-refractivity contribution in [2.24, 2.45) is 10.8 Å². The third kappa shape index (κ3) is 5.15. The van der Waals surface area contributed by atoms with Crippen LogP contribution in [0.3, 0.4) is 0 Å². The summed E-state index contributed by atoms with van der Waals surface area (Å²) in [6, 6.07) is 0. The molecule has 0 saturated carbocycles. The maximum Gasteiger partial charge on any atom is -1.00 e. The second-order valence-electron chi connectivity index (χ2n) is 9.62. The molecule has 0 radical (unpaired) electrons. The first-order chi connectivity index (χ1) is 12.6. The maximum absolute atomic E-state index is 13.3. The molecule has 27 heavy (non-hydrogen) atoms. The molecule has 0 saturated heterocycles. The molecule has 0 fully saturated rings. The molecule has 2 nitrogen and oxygen atoms in total. The summed E-state index contributed by atoms with van der Waals surface area (Å²) in [6.07, 6.45) is 16.7. The minimum atomic E-state index is -1.00. The molecule has 2 unspecified atom stereocenters. The standard InChI is InChI=1S/C23H43NOSi.Hf.2H/c1-8-9-10-11-12-15-18-22(4,26(6)7)21(2,3)23(5,20(24)25)19-16-13-14-17-19;;;/h13-14,16,26H,8-12,15,17-18H2,1-7H3,(H2,24,25);;;/q;+3;2*-1/p-1. The third-order valence-corrected chi connectivity index (χ3v) is 12.4. The second kappa shape index (κ2) is 10.7. The molecule has 1 aliphatic rings. The van der Waals surface area contributed by atoms with E-state index in [9.17, 15) is 4.79 Å². The van der Waals surface area contributed by atoms with Crippen LogP contribution in [0.4, 0.5) is 0 Å². The number of hydrogen-bond acceptors (Lipinski definition) is 1. The third-order valence-electron chi connectivity index (χ3n) is 7.98. The van der Waals surface area contributed by atoms with Crippen molar-refractivity contribution in [3.63, 3.8) is 0 Å². The number of allylic oxidation sites excluding steroid dienone is 3. The van der Waals surface area contributed by atoms with E-state index >= 15 is 0 Å². The molecular weight excluding hydrogens is 513 g/mol. The van der Waals surface area contributed by atoms with Crippen LogP contribution in [0.15, 0.2) is 23.8 Å². The quantitative estimate of drug-likeness (QED) is 0.210. The van der Waals surface area contributed by atoms with Crippen molar-refractivity contribution in [2.75, 3.05) is 0 Å². The van der Waals surface area contributed by atoms with Crippen LogP contribution in [0.2, 0.25) is 18.1 Å². The van der Waals surface area contributed by atoms with Crippen LogP contribution in [0.1, 0.15) is 88.8 Å². The summed E-state index contributed by atoms with van der Waals surface area (Å²) in [4.78, 5) is 13.3. The molecule has 1 N–H and O–H groups in total. The van der Waals surface area contributed by atoms with Gasteiger partial charge in [-0.2, -0.15) is 0 Å². The van der Waals surface area contributed by atoms with Crippen molar-refractivity contribution in [1.29, 1.82) is 0 Å². The summed E-state index contributed by atoms with van der Waals surface area (Å²) in [7, 11) is -1.00. The number of rotatable bonds is 12.